The lowest BCUT2D eigenvalue weighted by atomic mass is 10.1. The number of pyridine rings is 1. The molecule has 0 aliphatic carbocycles. The number of nitrogens with zero attached hydrogens (tertiary/aromatic N) is 2. The Morgan fingerprint density at radius 3 is 2.46 bits per heavy atom. The summed E-state index contributed by atoms with van der Waals surface area (Å²) < 4.78 is 35.1. The number of fused-ring (bicyclic) bond motifs is 1. The summed E-state index contributed by atoms with van der Waals surface area (Å²) in [5, 5.41) is 2.90. The molecular formula is C17H16ClF2N3O3. The number of hydrogen-bond donors (Lipinski definition) is 1. The van der Waals surface area contributed by atoms with Crippen LogP contribution in [0, 0.1) is 0 Å². The smallest absolute Gasteiger partial charge is 0.395 e. The molecule has 9 heteroatoms. The van der Waals surface area contributed by atoms with E-state index < -0.39 is 6.29 Å². The molecule has 1 aromatic carbocycles. The van der Waals surface area contributed by atoms with Crippen molar-refractivity contribution in [2.75, 3.05) is 18.4 Å². The molecule has 0 spiro atoms. The predicted molar refractivity (Wildman–Crippen MR) is 92.8 cm³/mol. The molecule has 0 saturated heterocycles. The summed E-state index contributed by atoms with van der Waals surface area (Å²) in [5.41, 5.74) is 1.04. The topological polar surface area (TPSA) is 63.7 Å². The molecule has 26 heavy (non-hydrogen) atoms. The number of carbonyl (C=O) groups is 1. The number of nitrogens with one attached hydrogen (secondary N) is 1. The molecule has 2 heterocycles. The lowest BCUT2D eigenvalue weighted by Gasteiger charge is -2.18. The molecule has 2 amide bonds. The number of carbonyl (C=O) groups excluding carboxylic acids is 1. The fraction of sp³-hybridized carbons (Fsp3) is 0.294. The third-order valence-electron chi connectivity index (χ3n) is 3.85. The summed E-state index contributed by atoms with van der Waals surface area (Å²) in [6, 6.07) is 5.66. The Morgan fingerprint density at radius 1 is 1.23 bits per heavy atom. The number of halogens is 3. The van der Waals surface area contributed by atoms with E-state index in [4.69, 9.17) is 11.6 Å². The maximum absolute atomic E-state index is 13.2. The molecule has 0 atom stereocenters. The number of ether oxygens (including phenoxy) is 2. The van der Waals surface area contributed by atoms with Crippen LogP contribution in [0.3, 0.4) is 0 Å². The first-order valence-electron chi connectivity index (χ1n) is 7.94. The van der Waals surface area contributed by atoms with Crippen molar-refractivity contribution in [1.29, 1.82) is 0 Å². The Kier molecular flexibility index (Phi) is 4.86. The van der Waals surface area contributed by atoms with E-state index in [1.807, 2.05) is 13.8 Å². The van der Waals surface area contributed by atoms with E-state index in [2.05, 4.69) is 19.8 Å². The molecule has 1 aliphatic rings. The van der Waals surface area contributed by atoms with E-state index in [9.17, 15) is 13.6 Å². The summed E-state index contributed by atoms with van der Waals surface area (Å²) in [6.07, 6.45) is -2.22. The normalized spacial score (nSPS) is 14.2. The largest absolute Gasteiger partial charge is 0.586 e. The zero-order chi connectivity index (χ0) is 18.9. The molecule has 0 saturated carbocycles. The summed E-state index contributed by atoms with van der Waals surface area (Å²) >= 11 is 6.15. The SMILES string of the molecule is CCN(CC)C(=O)Nc1ccc(-c2cc3c(cc2Cl)OC(F)(F)O3)cn1. The minimum atomic E-state index is -3.71. The minimum Gasteiger partial charge on any atom is -0.395 e. The molecule has 2 aromatic rings. The first-order chi connectivity index (χ1) is 12.3. The van der Waals surface area contributed by atoms with E-state index in [1.165, 1.54) is 18.3 Å². The summed E-state index contributed by atoms with van der Waals surface area (Å²) in [6.45, 7) is 4.92. The number of amides is 2. The minimum absolute atomic E-state index is 0.103. The molecule has 1 aromatic heterocycles. The van der Waals surface area contributed by atoms with Gasteiger partial charge in [-0.1, -0.05) is 11.6 Å². The van der Waals surface area contributed by atoms with Gasteiger partial charge in [0.1, 0.15) is 5.82 Å². The van der Waals surface area contributed by atoms with E-state index in [1.54, 1.807) is 17.0 Å². The highest BCUT2D eigenvalue weighted by atomic mass is 35.5. The van der Waals surface area contributed by atoms with Gasteiger partial charge < -0.3 is 14.4 Å². The lowest BCUT2D eigenvalue weighted by molar-refractivity contribution is -0.286. The van der Waals surface area contributed by atoms with Gasteiger partial charge in [-0.2, -0.15) is 0 Å². The van der Waals surface area contributed by atoms with Gasteiger partial charge in [-0.15, -0.1) is 8.78 Å². The van der Waals surface area contributed by atoms with Crippen LogP contribution in [0.15, 0.2) is 30.5 Å². The van der Waals surface area contributed by atoms with Gasteiger partial charge in [0, 0.05) is 36.5 Å². The second kappa shape index (κ2) is 6.95. The first-order valence-corrected chi connectivity index (χ1v) is 8.32. The zero-order valence-corrected chi connectivity index (χ0v) is 14.8. The van der Waals surface area contributed by atoms with Crippen molar-refractivity contribution in [3.8, 4) is 22.6 Å². The van der Waals surface area contributed by atoms with Crippen LogP contribution in [0.2, 0.25) is 5.02 Å². The van der Waals surface area contributed by atoms with Gasteiger partial charge in [-0.25, -0.2) is 9.78 Å². The van der Waals surface area contributed by atoms with Crippen molar-refractivity contribution in [2.45, 2.75) is 20.1 Å². The summed E-state index contributed by atoms with van der Waals surface area (Å²) in [4.78, 5) is 17.8. The second-order valence-corrected chi connectivity index (χ2v) is 5.89. The molecular weight excluding hydrogens is 368 g/mol. The maximum Gasteiger partial charge on any atom is 0.586 e. The highest BCUT2D eigenvalue weighted by Gasteiger charge is 2.43. The number of anilines is 1. The predicted octanol–water partition coefficient (Wildman–Crippen LogP) is 4.60. The third-order valence-corrected chi connectivity index (χ3v) is 4.16. The van der Waals surface area contributed by atoms with Crippen LogP contribution >= 0.6 is 11.6 Å². The molecule has 1 N–H and O–H groups in total. The number of urea groups is 1. The van der Waals surface area contributed by atoms with E-state index in [0.717, 1.165) is 0 Å². The van der Waals surface area contributed by atoms with Crippen molar-refractivity contribution in [1.82, 2.24) is 9.88 Å². The van der Waals surface area contributed by atoms with Crippen LogP contribution in [-0.4, -0.2) is 35.3 Å². The Bertz CT molecular complexity index is 827. The van der Waals surface area contributed by atoms with Gasteiger partial charge in [0.05, 0.1) is 5.02 Å². The van der Waals surface area contributed by atoms with Crippen LogP contribution in [0.5, 0.6) is 11.5 Å². The Hall–Kier alpha value is -2.61. The maximum atomic E-state index is 13.2. The van der Waals surface area contributed by atoms with E-state index in [-0.39, 0.29) is 22.6 Å². The van der Waals surface area contributed by atoms with Gasteiger partial charge in [0.15, 0.2) is 11.5 Å². The average molecular weight is 384 g/mol. The van der Waals surface area contributed by atoms with Gasteiger partial charge >= 0.3 is 12.3 Å². The highest BCUT2D eigenvalue weighted by molar-refractivity contribution is 6.33. The standard InChI is InChI=1S/C17H16ClF2N3O3/c1-3-23(4-2)16(24)22-15-6-5-10(9-21-15)11-7-13-14(8-12(11)18)26-17(19,20)25-13/h5-9H,3-4H2,1-2H3,(H,21,22,24). The van der Waals surface area contributed by atoms with Crippen LogP contribution < -0.4 is 14.8 Å². The average Bonchev–Trinajstić information content (AvgIpc) is 2.89. The molecule has 6 nitrogen and oxygen atoms in total. The fourth-order valence-corrected chi connectivity index (χ4v) is 2.78. The van der Waals surface area contributed by atoms with Crippen molar-refractivity contribution in [3.63, 3.8) is 0 Å². The first kappa shape index (κ1) is 18.2. The van der Waals surface area contributed by atoms with Gasteiger partial charge in [0.25, 0.3) is 0 Å². The monoisotopic (exact) mass is 383 g/mol. The van der Waals surface area contributed by atoms with E-state index in [0.29, 0.717) is 30.0 Å². The number of aromatic nitrogens is 1. The molecule has 138 valence electrons. The van der Waals surface area contributed by atoms with E-state index >= 15 is 0 Å². The second-order valence-electron chi connectivity index (χ2n) is 5.48. The molecule has 0 bridgehead atoms. The summed E-state index contributed by atoms with van der Waals surface area (Å²) in [5.74, 6) is 0.141. The van der Waals surface area contributed by atoms with Crippen molar-refractivity contribution < 1.29 is 23.0 Å². The zero-order valence-electron chi connectivity index (χ0n) is 14.1. The fourth-order valence-electron chi connectivity index (χ4n) is 2.52. The Morgan fingerprint density at radius 2 is 1.88 bits per heavy atom. The van der Waals surface area contributed by atoms with Crippen LogP contribution in [0.4, 0.5) is 19.4 Å². The number of alkyl halides is 2. The molecule has 1 aliphatic heterocycles. The van der Waals surface area contributed by atoms with Gasteiger partial charge in [-0.3, -0.25) is 5.32 Å². The number of benzene rings is 1. The number of hydrogen-bond acceptors (Lipinski definition) is 4. The highest BCUT2D eigenvalue weighted by Crippen LogP contribution is 2.45. The Labute approximate surface area is 153 Å². The molecule has 0 unspecified atom stereocenters. The van der Waals surface area contributed by atoms with Crippen molar-refractivity contribution in [2.24, 2.45) is 0 Å². The van der Waals surface area contributed by atoms with Crippen LogP contribution in [0.25, 0.3) is 11.1 Å². The summed E-state index contributed by atoms with van der Waals surface area (Å²) in [7, 11) is 0. The molecule has 3 rings (SSSR count). The number of rotatable bonds is 4. The molecule has 0 radical (unpaired) electrons. The van der Waals surface area contributed by atoms with Crippen LogP contribution in [-0.2, 0) is 0 Å². The van der Waals surface area contributed by atoms with Gasteiger partial charge in [0.2, 0.25) is 0 Å². The van der Waals surface area contributed by atoms with Crippen molar-refractivity contribution >= 4 is 23.4 Å². The van der Waals surface area contributed by atoms with Gasteiger partial charge in [-0.05, 0) is 32.0 Å². The van der Waals surface area contributed by atoms with Crippen molar-refractivity contribution in [3.05, 3.63) is 35.5 Å². The Balaban J connectivity index is 1.81. The quantitative estimate of drug-likeness (QED) is 0.838. The lowest BCUT2D eigenvalue weighted by Crippen LogP contribution is -2.34. The molecule has 0 fully saturated rings. The van der Waals surface area contributed by atoms with Crippen LogP contribution in [0.1, 0.15) is 13.8 Å². The third kappa shape index (κ3) is 3.65.